The maximum atomic E-state index is 10.5. The normalized spacial score (nSPS) is 54.3. The molecular formula is C28H50N2O12. The molecule has 14 heteroatoms. The molecule has 2 saturated carbocycles. The standard InChI is InChI=1S/2C14H25NO6/c2*1-13(17-4)14(2,18-5)20-12-10(16)7-8-6-9(11(12)19-13)15(3)21-8/h2*8-12,16H,6-7H2,1-5H3/t2*8-,9+,10-,11+,12+,13-,14-/m00/s1. The van der Waals surface area contributed by atoms with Gasteiger partial charge in [0, 0.05) is 55.4 Å². The number of nitrogens with zero attached hydrogens (tertiary/aromatic N) is 2. The van der Waals surface area contributed by atoms with Gasteiger partial charge in [-0.05, 0) is 40.5 Å². The van der Waals surface area contributed by atoms with Crippen molar-refractivity contribution in [3.63, 3.8) is 0 Å². The molecule has 0 aromatic heterocycles. The highest BCUT2D eigenvalue weighted by molar-refractivity contribution is 5.04. The molecule has 0 spiro atoms. The third kappa shape index (κ3) is 5.24. The Balaban J connectivity index is 0.000000168. The number of hydrogen-bond acceptors (Lipinski definition) is 14. The second kappa shape index (κ2) is 11.7. The fraction of sp³-hybridized carbons (Fsp3) is 1.00. The minimum atomic E-state index is -1.09. The van der Waals surface area contributed by atoms with Crippen molar-refractivity contribution in [3.8, 4) is 0 Å². The van der Waals surface area contributed by atoms with Gasteiger partial charge in [-0.15, -0.1) is 0 Å². The third-order valence-corrected chi connectivity index (χ3v) is 10.4. The summed E-state index contributed by atoms with van der Waals surface area (Å²) in [6, 6.07) is 0.0427. The maximum absolute atomic E-state index is 10.5. The molecule has 6 rings (SSSR count). The Bertz CT molecular complexity index is 888. The van der Waals surface area contributed by atoms with Gasteiger partial charge >= 0.3 is 0 Å². The summed E-state index contributed by atoms with van der Waals surface area (Å²) in [6.45, 7) is 7.11. The zero-order valence-corrected chi connectivity index (χ0v) is 26.5. The van der Waals surface area contributed by atoms with Crippen molar-refractivity contribution >= 4 is 0 Å². The lowest BCUT2D eigenvalue weighted by Crippen LogP contribution is -2.69. The van der Waals surface area contributed by atoms with E-state index in [1.54, 1.807) is 56.1 Å². The van der Waals surface area contributed by atoms with Gasteiger partial charge in [0.1, 0.15) is 24.4 Å². The summed E-state index contributed by atoms with van der Waals surface area (Å²) in [6.07, 6.45) is -0.294. The van der Waals surface area contributed by atoms with Gasteiger partial charge in [0.25, 0.3) is 0 Å². The van der Waals surface area contributed by atoms with Gasteiger partial charge < -0.3 is 48.1 Å². The van der Waals surface area contributed by atoms with Crippen LogP contribution in [0.15, 0.2) is 0 Å². The lowest BCUT2D eigenvalue weighted by molar-refractivity contribution is -0.460. The molecule has 4 heterocycles. The number of ether oxygens (including phenoxy) is 8. The average molecular weight is 607 g/mol. The molecular weight excluding hydrogens is 556 g/mol. The molecule has 0 unspecified atom stereocenters. The quantitative estimate of drug-likeness (QED) is 0.460. The van der Waals surface area contributed by atoms with E-state index in [9.17, 15) is 10.2 Å². The number of likely N-dealkylation sites (N-methyl/N-ethyl adjacent to an activating group) is 2. The van der Waals surface area contributed by atoms with E-state index in [-0.39, 0.29) is 36.5 Å². The Morgan fingerprint density at radius 2 is 0.810 bits per heavy atom. The van der Waals surface area contributed by atoms with Gasteiger partial charge in [0.15, 0.2) is 0 Å². The molecule has 0 radical (unpaired) electrons. The van der Waals surface area contributed by atoms with Crippen molar-refractivity contribution in [2.45, 2.75) is 137 Å². The molecule has 42 heavy (non-hydrogen) atoms. The van der Waals surface area contributed by atoms with E-state index >= 15 is 0 Å². The first-order valence-electron chi connectivity index (χ1n) is 14.7. The van der Waals surface area contributed by atoms with E-state index in [2.05, 4.69) is 0 Å². The smallest absolute Gasteiger partial charge is 0.220 e. The average Bonchev–Trinajstić information content (AvgIpc) is 3.43. The number of rotatable bonds is 4. The fourth-order valence-electron chi connectivity index (χ4n) is 7.17. The molecule has 244 valence electrons. The Hall–Kier alpha value is -0.560. The van der Waals surface area contributed by atoms with E-state index in [1.807, 2.05) is 24.2 Å². The van der Waals surface area contributed by atoms with Gasteiger partial charge in [-0.1, -0.05) is 0 Å². The lowest BCUT2D eigenvalue weighted by atomic mass is 9.96. The number of methoxy groups -OCH3 is 4. The summed E-state index contributed by atoms with van der Waals surface area (Å²) >= 11 is 0. The van der Waals surface area contributed by atoms with E-state index in [0.29, 0.717) is 12.8 Å². The second-order valence-electron chi connectivity index (χ2n) is 12.7. The molecule has 14 atom stereocenters. The molecule has 6 fully saturated rings. The highest BCUT2D eigenvalue weighted by atomic mass is 16.8. The van der Waals surface area contributed by atoms with Crippen molar-refractivity contribution in [1.82, 2.24) is 10.1 Å². The highest BCUT2D eigenvalue weighted by Crippen LogP contribution is 2.47. The van der Waals surface area contributed by atoms with Crippen LogP contribution in [-0.2, 0) is 47.6 Å². The molecule has 4 saturated heterocycles. The van der Waals surface area contributed by atoms with Gasteiger partial charge in [-0.2, -0.15) is 10.1 Å². The van der Waals surface area contributed by atoms with Crippen LogP contribution in [0.25, 0.3) is 0 Å². The van der Waals surface area contributed by atoms with Crippen LogP contribution in [0, 0.1) is 0 Å². The molecule has 6 aliphatic rings. The van der Waals surface area contributed by atoms with Crippen LogP contribution in [-0.4, -0.2) is 147 Å². The number of hydrogen-bond donors (Lipinski definition) is 2. The second-order valence-corrected chi connectivity index (χ2v) is 12.7. The van der Waals surface area contributed by atoms with E-state index in [4.69, 9.17) is 47.6 Å². The molecule has 0 aromatic carbocycles. The Labute approximate surface area is 248 Å². The number of aliphatic hydroxyl groups is 2. The number of hydroxylamine groups is 4. The van der Waals surface area contributed by atoms with Gasteiger partial charge in [-0.3, -0.25) is 9.68 Å². The summed E-state index contributed by atoms with van der Waals surface area (Å²) < 4.78 is 46.8. The predicted molar refractivity (Wildman–Crippen MR) is 144 cm³/mol. The van der Waals surface area contributed by atoms with Crippen LogP contribution < -0.4 is 0 Å². The first kappa shape index (κ1) is 32.8. The highest BCUT2D eigenvalue weighted by Gasteiger charge is 2.63. The van der Waals surface area contributed by atoms with Crippen LogP contribution in [0.2, 0.25) is 0 Å². The van der Waals surface area contributed by atoms with Crippen LogP contribution in [0.4, 0.5) is 0 Å². The van der Waals surface area contributed by atoms with Crippen LogP contribution >= 0.6 is 0 Å². The zero-order chi connectivity index (χ0) is 30.8. The molecule has 0 aromatic rings. The van der Waals surface area contributed by atoms with Crippen molar-refractivity contribution in [3.05, 3.63) is 0 Å². The summed E-state index contributed by atoms with van der Waals surface area (Å²) in [7, 11) is 9.99. The predicted octanol–water partition coefficient (Wildman–Crippen LogP) is 0.529. The van der Waals surface area contributed by atoms with Crippen molar-refractivity contribution in [1.29, 1.82) is 0 Å². The lowest BCUT2D eigenvalue weighted by Gasteiger charge is -2.54. The minimum absolute atomic E-state index is 0.00426. The summed E-state index contributed by atoms with van der Waals surface area (Å²) in [5.41, 5.74) is 0. The Kier molecular flexibility index (Phi) is 9.11. The first-order valence-corrected chi connectivity index (χ1v) is 14.7. The van der Waals surface area contributed by atoms with Gasteiger partial charge in [0.2, 0.25) is 23.1 Å². The summed E-state index contributed by atoms with van der Waals surface area (Å²) in [4.78, 5) is 11.5. The van der Waals surface area contributed by atoms with Crippen molar-refractivity contribution in [2.24, 2.45) is 0 Å². The molecule has 4 bridgehead atoms. The zero-order valence-electron chi connectivity index (χ0n) is 26.5. The van der Waals surface area contributed by atoms with Crippen molar-refractivity contribution in [2.75, 3.05) is 42.5 Å². The van der Waals surface area contributed by atoms with Crippen LogP contribution in [0.1, 0.15) is 53.4 Å². The number of aliphatic hydroxyl groups excluding tert-OH is 2. The van der Waals surface area contributed by atoms with Crippen molar-refractivity contribution < 1.29 is 57.8 Å². The first-order chi connectivity index (χ1) is 19.7. The third-order valence-electron chi connectivity index (χ3n) is 10.4. The fourth-order valence-corrected chi connectivity index (χ4v) is 7.17. The van der Waals surface area contributed by atoms with Gasteiger partial charge in [-0.25, -0.2) is 0 Å². The molecule has 2 aliphatic carbocycles. The number of fused-ring (bicyclic) bond motifs is 8. The molecule has 0 amide bonds. The van der Waals surface area contributed by atoms with E-state index in [1.165, 1.54) is 0 Å². The molecule has 4 aliphatic heterocycles. The van der Waals surface area contributed by atoms with Crippen LogP contribution in [0.5, 0.6) is 0 Å². The Morgan fingerprint density at radius 1 is 0.524 bits per heavy atom. The van der Waals surface area contributed by atoms with Gasteiger partial charge in [0.05, 0.1) is 36.5 Å². The maximum Gasteiger partial charge on any atom is 0.220 e. The van der Waals surface area contributed by atoms with Crippen LogP contribution in [0.3, 0.4) is 0 Å². The SMILES string of the molecule is CO[C@@]1(C)O[C@H]2[C@H](O[C@]1(C)OC)[C@@H](O)C[C@@H]1C[C@H]2N(C)O1.CO[C@@]1(C)O[C@H]2[C@H](O[C@]1(C)OC)[C@@H](O)C[C@@H]1C[C@H]2N(C)O1. The topological polar surface area (TPSA) is 139 Å². The Morgan fingerprint density at radius 3 is 1.10 bits per heavy atom. The minimum Gasteiger partial charge on any atom is -0.390 e. The largest absolute Gasteiger partial charge is 0.390 e. The summed E-state index contributed by atoms with van der Waals surface area (Å²) in [5, 5.41) is 24.5. The monoisotopic (exact) mass is 606 g/mol. The van der Waals surface area contributed by atoms with E-state index in [0.717, 1.165) is 12.8 Å². The molecule has 2 N–H and O–H groups in total. The molecule has 14 nitrogen and oxygen atoms in total. The summed E-state index contributed by atoms with van der Waals surface area (Å²) in [5.74, 6) is -4.31. The van der Waals surface area contributed by atoms with E-state index < -0.39 is 47.6 Å².